The lowest BCUT2D eigenvalue weighted by molar-refractivity contribution is -0.136. The van der Waals surface area contributed by atoms with Crippen LogP contribution in [0.15, 0.2) is 36.4 Å². The van der Waals surface area contributed by atoms with Crippen LogP contribution in [0.5, 0.6) is 11.5 Å². The van der Waals surface area contributed by atoms with E-state index in [2.05, 4.69) is 10.6 Å². The fourth-order valence-corrected chi connectivity index (χ4v) is 2.20. The van der Waals surface area contributed by atoms with Gasteiger partial charge in [-0.3, -0.25) is 0 Å². The first-order valence-corrected chi connectivity index (χ1v) is 7.28. The van der Waals surface area contributed by atoms with Crippen LogP contribution in [0, 0.1) is 0 Å². The highest BCUT2D eigenvalue weighted by Crippen LogP contribution is 2.36. The first-order chi connectivity index (χ1) is 11.7. The average molecular weight is 375 g/mol. The maximum atomic E-state index is 13.0. The van der Waals surface area contributed by atoms with Gasteiger partial charge < -0.3 is 20.1 Å². The molecule has 0 saturated heterocycles. The summed E-state index contributed by atoms with van der Waals surface area (Å²) < 4.78 is 49.2. The van der Waals surface area contributed by atoms with E-state index in [0.717, 1.165) is 12.1 Å². The Bertz CT molecular complexity index is 759. The number of alkyl halides is 3. The minimum atomic E-state index is -4.66. The SMILES string of the molecule is COc1cc(NC(=O)Nc2ccc(Cl)cc2C(F)(F)F)cc(OC)c1. The number of ether oxygens (including phenoxy) is 2. The van der Waals surface area contributed by atoms with Gasteiger partial charge >= 0.3 is 12.2 Å². The molecule has 2 aromatic carbocycles. The van der Waals surface area contributed by atoms with Gasteiger partial charge in [0.2, 0.25) is 0 Å². The number of hydrogen-bond acceptors (Lipinski definition) is 3. The van der Waals surface area contributed by atoms with Crippen LogP contribution in [-0.4, -0.2) is 20.3 Å². The predicted molar refractivity (Wildman–Crippen MR) is 88.6 cm³/mol. The smallest absolute Gasteiger partial charge is 0.418 e. The molecule has 2 amide bonds. The molecule has 0 aliphatic rings. The lowest BCUT2D eigenvalue weighted by Gasteiger charge is -2.15. The van der Waals surface area contributed by atoms with Gasteiger partial charge in [0.05, 0.1) is 25.5 Å². The molecule has 2 aromatic rings. The van der Waals surface area contributed by atoms with Crippen LogP contribution in [0.2, 0.25) is 5.02 Å². The van der Waals surface area contributed by atoms with Gasteiger partial charge in [-0.2, -0.15) is 13.2 Å². The van der Waals surface area contributed by atoms with E-state index >= 15 is 0 Å². The quantitative estimate of drug-likeness (QED) is 0.790. The van der Waals surface area contributed by atoms with Gasteiger partial charge in [0.25, 0.3) is 0 Å². The van der Waals surface area contributed by atoms with E-state index in [-0.39, 0.29) is 10.7 Å². The van der Waals surface area contributed by atoms with Crippen molar-refractivity contribution in [1.82, 2.24) is 0 Å². The van der Waals surface area contributed by atoms with Crippen molar-refractivity contribution in [2.24, 2.45) is 0 Å². The third-order valence-corrected chi connectivity index (χ3v) is 3.38. The third kappa shape index (κ3) is 4.93. The van der Waals surface area contributed by atoms with Crippen molar-refractivity contribution in [2.45, 2.75) is 6.18 Å². The Balaban J connectivity index is 2.21. The Kier molecular flexibility index (Phi) is 5.63. The number of halogens is 4. The zero-order valence-electron chi connectivity index (χ0n) is 13.2. The highest BCUT2D eigenvalue weighted by molar-refractivity contribution is 6.30. The largest absolute Gasteiger partial charge is 0.497 e. The number of urea groups is 1. The summed E-state index contributed by atoms with van der Waals surface area (Å²) in [7, 11) is 2.86. The topological polar surface area (TPSA) is 59.6 Å². The number of methoxy groups -OCH3 is 2. The van der Waals surface area contributed by atoms with Gasteiger partial charge in [-0.25, -0.2) is 4.79 Å². The van der Waals surface area contributed by atoms with Crippen LogP contribution in [0.25, 0.3) is 0 Å². The highest BCUT2D eigenvalue weighted by Gasteiger charge is 2.34. The van der Waals surface area contributed by atoms with E-state index in [4.69, 9.17) is 21.1 Å². The second-order valence-electron chi connectivity index (χ2n) is 4.87. The number of rotatable bonds is 4. The van der Waals surface area contributed by atoms with Gasteiger partial charge in [0.1, 0.15) is 11.5 Å². The summed E-state index contributed by atoms with van der Waals surface area (Å²) in [5, 5.41) is 4.49. The van der Waals surface area contributed by atoms with Crippen molar-refractivity contribution in [3.8, 4) is 11.5 Å². The fraction of sp³-hybridized carbons (Fsp3) is 0.188. The zero-order valence-corrected chi connectivity index (χ0v) is 14.0. The molecular weight excluding hydrogens is 361 g/mol. The molecule has 0 radical (unpaired) electrons. The number of amides is 2. The average Bonchev–Trinajstić information content (AvgIpc) is 2.55. The minimum absolute atomic E-state index is 0.0872. The molecule has 134 valence electrons. The summed E-state index contributed by atoms with van der Waals surface area (Å²) in [6.07, 6.45) is -4.66. The number of carbonyl (C=O) groups is 1. The number of nitrogens with one attached hydrogen (secondary N) is 2. The van der Waals surface area contributed by atoms with E-state index < -0.39 is 23.5 Å². The fourth-order valence-electron chi connectivity index (χ4n) is 2.02. The Morgan fingerprint density at radius 3 is 2.12 bits per heavy atom. The lowest BCUT2D eigenvalue weighted by atomic mass is 10.1. The Hall–Kier alpha value is -2.61. The monoisotopic (exact) mass is 374 g/mol. The van der Waals surface area contributed by atoms with Crippen molar-refractivity contribution >= 4 is 29.0 Å². The molecule has 0 spiro atoms. The van der Waals surface area contributed by atoms with Crippen molar-refractivity contribution < 1.29 is 27.4 Å². The molecule has 0 heterocycles. The molecule has 5 nitrogen and oxygen atoms in total. The third-order valence-electron chi connectivity index (χ3n) is 3.14. The summed E-state index contributed by atoms with van der Waals surface area (Å²) in [6, 6.07) is 6.79. The summed E-state index contributed by atoms with van der Waals surface area (Å²) in [4.78, 5) is 12.0. The van der Waals surface area contributed by atoms with Crippen molar-refractivity contribution in [1.29, 1.82) is 0 Å². The molecule has 0 aliphatic heterocycles. The van der Waals surface area contributed by atoms with Gasteiger partial charge in [0, 0.05) is 28.9 Å². The molecule has 0 aromatic heterocycles. The van der Waals surface area contributed by atoms with E-state index in [1.54, 1.807) is 6.07 Å². The maximum absolute atomic E-state index is 13.0. The van der Waals surface area contributed by atoms with E-state index in [9.17, 15) is 18.0 Å². The molecular formula is C16H14ClF3N2O3. The van der Waals surface area contributed by atoms with E-state index in [1.165, 1.54) is 32.4 Å². The number of anilines is 2. The van der Waals surface area contributed by atoms with Crippen molar-refractivity contribution in [2.75, 3.05) is 24.9 Å². The molecule has 0 bridgehead atoms. The molecule has 2 N–H and O–H groups in total. The summed E-state index contributed by atoms with van der Waals surface area (Å²) in [5.41, 5.74) is -1.17. The first-order valence-electron chi connectivity index (χ1n) is 6.90. The molecule has 9 heteroatoms. The lowest BCUT2D eigenvalue weighted by Crippen LogP contribution is -2.22. The Labute approximate surface area is 146 Å². The van der Waals surface area contributed by atoms with Crippen LogP contribution in [0.1, 0.15) is 5.56 Å². The normalized spacial score (nSPS) is 11.0. The first kappa shape index (κ1) is 18.7. The number of carbonyl (C=O) groups excluding carboxylic acids is 1. The van der Waals surface area contributed by atoms with Crippen molar-refractivity contribution in [3.05, 3.63) is 47.0 Å². The summed E-state index contributed by atoms with van der Waals surface area (Å²) >= 11 is 5.60. The summed E-state index contributed by atoms with van der Waals surface area (Å²) in [5.74, 6) is 0.828. The number of hydrogen-bond donors (Lipinski definition) is 2. The maximum Gasteiger partial charge on any atom is 0.418 e. The second kappa shape index (κ2) is 7.52. The molecule has 0 unspecified atom stereocenters. The zero-order chi connectivity index (χ0) is 18.6. The van der Waals surface area contributed by atoms with Crippen LogP contribution in [-0.2, 0) is 6.18 Å². The van der Waals surface area contributed by atoms with Gasteiger partial charge in [-0.1, -0.05) is 11.6 Å². The van der Waals surface area contributed by atoms with E-state index in [0.29, 0.717) is 11.5 Å². The van der Waals surface area contributed by atoms with Crippen molar-refractivity contribution in [3.63, 3.8) is 0 Å². The summed E-state index contributed by atoms with van der Waals surface area (Å²) in [6.45, 7) is 0. The van der Waals surface area contributed by atoms with Crippen LogP contribution in [0.3, 0.4) is 0 Å². The van der Waals surface area contributed by atoms with Crippen LogP contribution >= 0.6 is 11.6 Å². The standard InChI is InChI=1S/C16H14ClF3N2O3/c1-24-11-6-10(7-12(8-11)25-2)21-15(23)22-14-4-3-9(17)5-13(14)16(18,19)20/h3-8H,1-2H3,(H2,21,22,23). The molecule has 25 heavy (non-hydrogen) atoms. The Morgan fingerprint density at radius 1 is 1.00 bits per heavy atom. The molecule has 0 atom stereocenters. The Morgan fingerprint density at radius 2 is 1.60 bits per heavy atom. The molecule has 0 saturated carbocycles. The van der Waals surface area contributed by atoms with E-state index in [1.807, 2.05) is 0 Å². The highest BCUT2D eigenvalue weighted by atomic mass is 35.5. The van der Waals surface area contributed by atoms with Gasteiger partial charge in [-0.05, 0) is 18.2 Å². The predicted octanol–water partition coefficient (Wildman–Crippen LogP) is 5.02. The van der Waals surface area contributed by atoms with Gasteiger partial charge in [0.15, 0.2) is 0 Å². The molecule has 0 fully saturated rings. The molecule has 0 aliphatic carbocycles. The van der Waals surface area contributed by atoms with Crippen LogP contribution in [0.4, 0.5) is 29.3 Å². The second-order valence-corrected chi connectivity index (χ2v) is 5.30. The van der Waals surface area contributed by atoms with Gasteiger partial charge in [-0.15, -0.1) is 0 Å². The molecule has 2 rings (SSSR count). The minimum Gasteiger partial charge on any atom is -0.497 e. The van der Waals surface area contributed by atoms with Crippen LogP contribution < -0.4 is 20.1 Å². The number of benzene rings is 2.